The molecule has 0 aromatic carbocycles. The van der Waals surface area contributed by atoms with Gasteiger partial charge in [-0.25, -0.2) is 0 Å². The van der Waals surface area contributed by atoms with Gasteiger partial charge in [0.05, 0.1) is 24.7 Å². The molecular weight excluding hydrogens is 424 g/mol. The van der Waals surface area contributed by atoms with Crippen LogP contribution >= 0.6 is 0 Å². The Hall–Kier alpha value is -2.19. The highest BCUT2D eigenvalue weighted by Crippen LogP contribution is 2.56. The van der Waals surface area contributed by atoms with Crippen LogP contribution in [-0.4, -0.2) is 82.8 Å². The number of aliphatic hydroxyl groups excluding tert-OH is 1. The van der Waals surface area contributed by atoms with E-state index in [9.17, 15) is 19.5 Å². The van der Waals surface area contributed by atoms with Crippen molar-refractivity contribution in [1.29, 1.82) is 0 Å². The minimum Gasteiger partial charge on any atom is -0.465 e. The number of carbonyl (C=O) groups excluding carboxylic acids is 3. The predicted octanol–water partition coefficient (Wildman–Crippen LogP) is 1.82. The summed E-state index contributed by atoms with van der Waals surface area (Å²) in [7, 11) is 0. The largest absolute Gasteiger partial charge is 0.465 e. The number of cyclic esters (lactones) is 1. The van der Waals surface area contributed by atoms with Crippen molar-refractivity contribution in [2.45, 2.75) is 69.6 Å². The Morgan fingerprint density at radius 2 is 1.88 bits per heavy atom. The summed E-state index contributed by atoms with van der Waals surface area (Å²) in [6.45, 7) is 4.99. The number of nitrogens with zero attached hydrogens (tertiary/aromatic N) is 2. The molecule has 0 aromatic heterocycles. The van der Waals surface area contributed by atoms with Crippen LogP contribution in [0.5, 0.6) is 0 Å². The van der Waals surface area contributed by atoms with E-state index in [0.29, 0.717) is 19.7 Å². The number of amides is 2. The maximum atomic E-state index is 13.8. The standard InChI is InChI=1S/C25H36N2O6/c1-3-4-8-13-26-14-10-12-25-18(21(29)27(15-16-28)20(25)22(26)30)19-23(31)32-17-9-6-5-7-11-24(19,2)33-25/h7,10-12,18-20,28H,3-6,8-9,13-17H2,1-2H3/b11-7-/t18-,19-,20?,24+,25-/m0/s1. The molecule has 0 aromatic rings. The third-order valence-corrected chi connectivity index (χ3v) is 7.46. The van der Waals surface area contributed by atoms with Crippen molar-refractivity contribution in [1.82, 2.24) is 9.80 Å². The molecule has 2 amide bonds. The van der Waals surface area contributed by atoms with Crippen LogP contribution in [0.25, 0.3) is 0 Å². The Balaban J connectivity index is 1.78. The van der Waals surface area contributed by atoms with Gasteiger partial charge in [0.2, 0.25) is 11.8 Å². The molecule has 4 rings (SSSR count). The first-order valence-corrected chi connectivity index (χ1v) is 12.3. The first-order chi connectivity index (χ1) is 15.9. The lowest BCUT2D eigenvalue weighted by Gasteiger charge is -2.37. The van der Waals surface area contributed by atoms with Gasteiger partial charge in [0.25, 0.3) is 0 Å². The second-order valence-corrected chi connectivity index (χ2v) is 9.71. The van der Waals surface area contributed by atoms with E-state index in [0.717, 1.165) is 38.5 Å². The number of fused-ring (bicyclic) bond motifs is 2. The number of unbranched alkanes of at least 4 members (excludes halogenated alkanes) is 2. The summed E-state index contributed by atoms with van der Waals surface area (Å²) in [4.78, 5) is 44.0. The third-order valence-electron chi connectivity index (χ3n) is 7.46. The van der Waals surface area contributed by atoms with Gasteiger partial charge in [0.1, 0.15) is 17.6 Å². The number of hydrogen-bond acceptors (Lipinski definition) is 6. The summed E-state index contributed by atoms with van der Waals surface area (Å²) in [6, 6.07) is -0.918. The normalized spacial score (nSPS) is 37.3. The average molecular weight is 461 g/mol. The Morgan fingerprint density at radius 1 is 1.06 bits per heavy atom. The zero-order valence-corrected chi connectivity index (χ0v) is 19.7. The van der Waals surface area contributed by atoms with Crippen LogP contribution in [0.2, 0.25) is 0 Å². The average Bonchev–Trinajstić information content (AvgIpc) is 3.10. The molecule has 1 unspecified atom stereocenters. The predicted molar refractivity (Wildman–Crippen MR) is 121 cm³/mol. The van der Waals surface area contributed by atoms with Crippen molar-refractivity contribution >= 4 is 17.8 Å². The number of β-amino-alcohol motifs (C(OH)–C–C–N with tert-alkyl or cyclic N) is 1. The fourth-order valence-electron chi connectivity index (χ4n) is 5.95. The Morgan fingerprint density at radius 3 is 2.64 bits per heavy atom. The van der Waals surface area contributed by atoms with Crippen molar-refractivity contribution in [2.24, 2.45) is 11.8 Å². The highest BCUT2D eigenvalue weighted by molar-refractivity contribution is 5.99. The highest BCUT2D eigenvalue weighted by atomic mass is 16.6. The van der Waals surface area contributed by atoms with E-state index in [1.807, 2.05) is 31.2 Å². The lowest BCUT2D eigenvalue weighted by molar-refractivity contribution is -0.160. The van der Waals surface area contributed by atoms with Crippen molar-refractivity contribution in [3.05, 3.63) is 24.3 Å². The fraction of sp³-hybridized carbons (Fsp3) is 0.720. The van der Waals surface area contributed by atoms with Gasteiger partial charge in [0.15, 0.2) is 0 Å². The van der Waals surface area contributed by atoms with Crippen LogP contribution in [0.4, 0.5) is 0 Å². The van der Waals surface area contributed by atoms with E-state index in [1.54, 1.807) is 4.90 Å². The van der Waals surface area contributed by atoms with Gasteiger partial charge in [-0.1, -0.05) is 44.1 Å². The van der Waals surface area contributed by atoms with E-state index >= 15 is 0 Å². The molecule has 4 aliphatic rings. The Labute approximate surface area is 195 Å². The summed E-state index contributed by atoms with van der Waals surface area (Å²) in [5.74, 6) is -2.74. The van der Waals surface area contributed by atoms with Crippen molar-refractivity contribution in [2.75, 3.05) is 32.8 Å². The number of ether oxygens (including phenoxy) is 2. The van der Waals surface area contributed by atoms with E-state index in [4.69, 9.17) is 9.47 Å². The molecule has 0 saturated carbocycles. The number of carbonyl (C=O) groups is 3. The second kappa shape index (κ2) is 9.58. The van der Waals surface area contributed by atoms with E-state index in [-0.39, 0.29) is 25.0 Å². The molecule has 0 radical (unpaired) electrons. The second-order valence-electron chi connectivity index (χ2n) is 9.71. The monoisotopic (exact) mass is 460 g/mol. The molecule has 2 fully saturated rings. The summed E-state index contributed by atoms with van der Waals surface area (Å²) < 4.78 is 12.3. The number of esters is 1. The SMILES string of the molecule is CCCCCN1CC=C[C@]23O[C@]4(C)/C=C\CCCCOC(=O)[C@@H]4[C@H]2C(=O)N(CCO)C3C1=O. The van der Waals surface area contributed by atoms with Crippen LogP contribution in [0.1, 0.15) is 52.4 Å². The first-order valence-electron chi connectivity index (χ1n) is 12.3. The summed E-state index contributed by atoms with van der Waals surface area (Å²) in [6.07, 6.45) is 13.0. The minimum atomic E-state index is -1.28. The quantitative estimate of drug-likeness (QED) is 0.369. The maximum absolute atomic E-state index is 13.8. The van der Waals surface area contributed by atoms with Gasteiger partial charge >= 0.3 is 5.97 Å². The topological polar surface area (TPSA) is 96.4 Å². The van der Waals surface area contributed by atoms with E-state index < -0.39 is 35.0 Å². The zero-order valence-electron chi connectivity index (χ0n) is 19.7. The van der Waals surface area contributed by atoms with Gasteiger partial charge in [-0.2, -0.15) is 0 Å². The Kier molecular flexibility index (Phi) is 6.96. The number of aliphatic hydroxyl groups is 1. The van der Waals surface area contributed by atoms with Crippen molar-refractivity contribution < 1.29 is 29.0 Å². The van der Waals surface area contributed by atoms with Crippen LogP contribution in [0.15, 0.2) is 24.3 Å². The molecule has 0 aliphatic carbocycles. The molecule has 8 nitrogen and oxygen atoms in total. The summed E-state index contributed by atoms with van der Waals surface area (Å²) in [5, 5.41) is 9.70. The molecule has 4 heterocycles. The lowest BCUT2D eigenvalue weighted by Crippen LogP contribution is -2.56. The molecule has 182 valence electrons. The number of likely N-dealkylation sites (tertiary alicyclic amines) is 1. The van der Waals surface area contributed by atoms with Crippen LogP contribution in [0, 0.1) is 11.8 Å². The highest BCUT2D eigenvalue weighted by Gasteiger charge is 2.74. The molecular formula is C25H36N2O6. The van der Waals surface area contributed by atoms with Gasteiger partial charge in [0, 0.05) is 19.6 Å². The molecule has 4 aliphatic heterocycles. The molecule has 1 spiro atoms. The molecule has 0 bridgehead atoms. The minimum absolute atomic E-state index is 0.0157. The molecule has 33 heavy (non-hydrogen) atoms. The smallest absolute Gasteiger partial charge is 0.313 e. The molecule has 2 saturated heterocycles. The van der Waals surface area contributed by atoms with Gasteiger partial charge in [-0.15, -0.1) is 0 Å². The lowest BCUT2D eigenvalue weighted by atomic mass is 9.74. The Bertz CT molecular complexity index is 841. The summed E-state index contributed by atoms with van der Waals surface area (Å²) in [5.41, 5.74) is -2.35. The van der Waals surface area contributed by atoms with Crippen LogP contribution < -0.4 is 0 Å². The summed E-state index contributed by atoms with van der Waals surface area (Å²) >= 11 is 0. The molecule has 8 heteroatoms. The molecule has 5 atom stereocenters. The van der Waals surface area contributed by atoms with Crippen molar-refractivity contribution in [3.63, 3.8) is 0 Å². The third kappa shape index (κ3) is 4.01. The van der Waals surface area contributed by atoms with E-state index in [2.05, 4.69) is 6.92 Å². The fourth-order valence-corrected chi connectivity index (χ4v) is 5.95. The van der Waals surface area contributed by atoms with E-state index in [1.165, 1.54) is 4.90 Å². The van der Waals surface area contributed by atoms with Gasteiger partial charge in [-0.05, 0) is 32.6 Å². The van der Waals surface area contributed by atoms with Crippen LogP contribution in [0.3, 0.4) is 0 Å². The molecule has 1 N–H and O–H groups in total. The number of rotatable bonds is 6. The van der Waals surface area contributed by atoms with Gasteiger partial charge in [-0.3, -0.25) is 14.4 Å². The first kappa shape index (κ1) is 24.0. The van der Waals surface area contributed by atoms with Crippen molar-refractivity contribution in [3.8, 4) is 0 Å². The number of hydrogen-bond donors (Lipinski definition) is 1. The number of allylic oxidation sites excluding steroid dienone is 1. The van der Waals surface area contributed by atoms with Gasteiger partial charge < -0.3 is 24.4 Å². The zero-order chi connectivity index (χ0) is 23.6. The van der Waals surface area contributed by atoms with Crippen LogP contribution in [-0.2, 0) is 23.9 Å². The maximum Gasteiger partial charge on any atom is 0.313 e.